The molecular formula is C23H33N3O2S. The number of thioether (sulfide) groups is 1. The van der Waals surface area contributed by atoms with Gasteiger partial charge in [-0.15, -0.1) is 11.8 Å². The number of piperidine rings is 1. The van der Waals surface area contributed by atoms with Gasteiger partial charge in [-0.2, -0.15) is 0 Å². The summed E-state index contributed by atoms with van der Waals surface area (Å²) in [5.41, 5.74) is 1.04. The molecule has 6 heteroatoms. The van der Waals surface area contributed by atoms with Gasteiger partial charge in [0, 0.05) is 47.2 Å². The third-order valence-corrected chi connectivity index (χ3v) is 6.55. The quantitative estimate of drug-likeness (QED) is 0.630. The number of carbonyl (C=O) groups excluding carboxylic acids is 2. The molecule has 1 aliphatic rings. The van der Waals surface area contributed by atoms with Crippen molar-refractivity contribution in [2.45, 2.75) is 70.5 Å². The summed E-state index contributed by atoms with van der Waals surface area (Å²) in [7, 11) is 0. The van der Waals surface area contributed by atoms with E-state index in [1.807, 2.05) is 38.8 Å². The fraction of sp³-hybridized carbons (Fsp3) is 0.565. The zero-order chi connectivity index (χ0) is 21.0. The molecule has 1 fully saturated rings. The number of para-hydroxylation sites is 1. The van der Waals surface area contributed by atoms with Crippen molar-refractivity contribution in [3.63, 3.8) is 0 Å². The largest absolute Gasteiger partial charge is 0.342 e. The minimum absolute atomic E-state index is 0.122. The molecule has 0 unspecified atom stereocenters. The van der Waals surface area contributed by atoms with Crippen molar-refractivity contribution >= 4 is 34.5 Å². The number of hydrogen-bond donors (Lipinski definition) is 0. The Morgan fingerprint density at radius 3 is 2.34 bits per heavy atom. The van der Waals surface area contributed by atoms with E-state index in [0.29, 0.717) is 12.3 Å². The van der Waals surface area contributed by atoms with Gasteiger partial charge in [0.1, 0.15) is 6.54 Å². The van der Waals surface area contributed by atoms with Crippen molar-refractivity contribution in [1.29, 1.82) is 0 Å². The number of carbonyl (C=O) groups is 2. The molecule has 2 aromatic rings. The van der Waals surface area contributed by atoms with E-state index in [0.717, 1.165) is 41.7 Å². The molecule has 2 heterocycles. The molecule has 3 rings (SSSR count). The Morgan fingerprint density at radius 1 is 1.03 bits per heavy atom. The lowest BCUT2D eigenvalue weighted by molar-refractivity contribution is -0.135. The Hall–Kier alpha value is -1.95. The summed E-state index contributed by atoms with van der Waals surface area (Å²) >= 11 is 1.58. The number of hydrogen-bond acceptors (Lipinski definition) is 3. The molecule has 0 atom stereocenters. The second-order valence-electron chi connectivity index (χ2n) is 8.36. The zero-order valence-electron chi connectivity index (χ0n) is 18.1. The molecule has 0 aliphatic carbocycles. The second-order valence-corrected chi connectivity index (χ2v) is 9.37. The molecule has 5 nitrogen and oxygen atoms in total. The molecule has 0 bridgehead atoms. The van der Waals surface area contributed by atoms with Crippen LogP contribution in [0.2, 0.25) is 0 Å². The lowest BCUT2D eigenvalue weighted by Crippen LogP contribution is -2.43. The first-order chi connectivity index (χ1) is 13.9. The third kappa shape index (κ3) is 5.16. The zero-order valence-corrected chi connectivity index (χ0v) is 18.9. The number of amides is 2. The van der Waals surface area contributed by atoms with E-state index in [4.69, 9.17) is 0 Å². The van der Waals surface area contributed by atoms with Crippen LogP contribution in [0.4, 0.5) is 0 Å². The standard InChI is InChI=1S/C23H33N3O2S/c1-17(2)26(18(3)4)22(27)15-25-14-21(19-10-6-7-11-20(19)25)29-16-23(28)24-12-8-5-9-13-24/h6-7,10-11,14,17-18H,5,8-9,12-13,15-16H2,1-4H3. The van der Waals surface area contributed by atoms with Crippen LogP contribution < -0.4 is 0 Å². The van der Waals surface area contributed by atoms with Crippen LogP contribution in [0.5, 0.6) is 0 Å². The highest BCUT2D eigenvalue weighted by Gasteiger charge is 2.22. The Bertz CT molecular complexity index is 845. The van der Waals surface area contributed by atoms with Gasteiger partial charge in [0.15, 0.2) is 0 Å². The number of nitrogens with zero attached hydrogens (tertiary/aromatic N) is 3. The number of likely N-dealkylation sites (tertiary alicyclic amines) is 1. The predicted molar refractivity (Wildman–Crippen MR) is 120 cm³/mol. The highest BCUT2D eigenvalue weighted by Crippen LogP contribution is 2.30. The van der Waals surface area contributed by atoms with E-state index in [-0.39, 0.29) is 23.9 Å². The molecule has 1 saturated heterocycles. The summed E-state index contributed by atoms with van der Waals surface area (Å²) in [4.78, 5) is 30.5. The SMILES string of the molecule is CC(C)N(C(=O)Cn1cc(SCC(=O)N2CCCCC2)c2ccccc21)C(C)C. The second kappa shape index (κ2) is 9.70. The fourth-order valence-electron chi connectivity index (χ4n) is 4.23. The van der Waals surface area contributed by atoms with Crippen molar-refractivity contribution in [3.05, 3.63) is 30.5 Å². The molecule has 0 N–H and O–H groups in total. The monoisotopic (exact) mass is 415 g/mol. The summed E-state index contributed by atoms with van der Waals surface area (Å²) in [5, 5.41) is 1.11. The maximum absolute atomic E-state index is 13.0. The average molecular weight is 416 g/mol. The summed E-state index contributed by atoms with van der Waals surface area (Å²) < 4.78 is 2.03. The highest BCUT2D eigenvalue weighted by atomic mass is 32.2. The van der Waals surface area contributed by atoms with Crippen molar-refractivity contribution in [3.8, 4) is 0 Å². The first kappa shape index (κ1) is 21.8. The molecule has 158 valence electrons. The van der Waals surface area contributed by atoms with Crippen LogP contribution in [0.15, 0.2) is 35.4 Å². The first-order valence-corrected chi connectivity index (χ1v) is 11.7. The van der Waals surface area contributed by atoms with Crippen LogP contribution in [0, 0.1) is 0 Å². The molecule has 0 saturated carbocycles. The summed E-state index contributed by atoms with van der Waals surface area (Å²) in [6.45, 7) is 10.3. The Morgan fingerprint density at radius 2 is 1.69 bits per heavy atom. The van der Waals surface area contributed by atoms with Gasteiger partial charge < -0.3 is 14.4 Å². The Labute approximate surface area is 178 Å². The van der Waals surface area contributed by atoms with Gasteiger partial charge in [-0.1, -0.05) is 18.2 Å². The van der Waals surface area contributed by atoms with E-state index in [2.05, 4.69) is 33.8 Å². The lowest BCUT2D eigenvalue weighted by atomic mass is 10.1. The summed E-state index contributed by atoms with van der Waals surface area (Å²) in [5.74, 6) is 0.789. The van der Waals surface area contributed by atoms with E-state index in [1.165, 1.54) is 6.42 Å². The fourth-order valence-corrected chi connectivity index (χ4v) is 5.22. The smallest absolute Gasteiger partial charge is 0.242 e. The van der Waals surface area contributed by atoms with Crippen molar-refractivity contribution < 1.29 is 9.59 Å². The first-order valence-electron chi connectivity index (χ1n) is 10.7. The minimum atomic E-state index is 0.122. The van der Waals surface area contributed by atoms with Crippen LogP contribution >= 0.6 is 11.8 Å². The number of benzene rings is 1. The predicted octanol–water partition coefficient (Wildman–Crippen LogP) is 4.39. The Kier molecular flexibility index (Phi) is 7.28. The number of rotatable bonds is 7. The lowest BCUT2D eigenvalue weighted by Gasteiger charge is -2.31. The van der Waals surface area contributed by atoms with E-state index in [1.54, 1.807) is 11.8 Å². The molecule has 29 heavy (non-hydrogen) atoms. The van der Waals surface area contributed by atoms with Gasteiger partial charge in [-0.05, 0) is 53.0 Å². The average Bonchev–Trinajstić information content (AvgIpc) is 3.04. The normalized spacial score (nSPS) is 14.8. The van der Waals surface area contributed by atoms with Crippen LogP contribution in [0.25, 0.3) is 10.9 Å². The summed E-state index contributed by atoms with van der Waals surface area (Å²) in [6.07, 6.45) is 5.48. The van der Waals surface area contributed by atoms with Crippen molar-refractivity contribution in [2.24, 2.45) is 0 Å². The third-order valence-electron chi connectivity index (χ3n) is 5.52. The maximum atomic E-state index is 13.0. The Balaban J connectivity index is 1.76. The topological polar surface area (TPSA) is 45.6 Å². The molecule has 2 amide bonds. The maximum Gasteiger partial charge on any atom is 0.242 e. The molecule has 0 radical (unpaired) electrons. The van der Waals surface area contributed by atoms with Crippen molar-refractivity contribution in [1.82, 2.24) is 14.4 Å². The number of fused-ring (bicyclic) bond motifs is 1. The van der Waals surface area contributed by atoms with Crippen LogP contribution in [-0.2, 0) is 16.1 Å². The summed E-state index contributed by atoms with van der Waals surface area (Å²) in [6, 6.07) is 8.47. The van der Waals surface area contributed by atoms with Gasteiger partial charge in [-0.3, -0.25) is 9.59 Å². The highest BCUT2D eigenvalue weighted by molar-refractivity contribution is 8.00. The molecular weight excluding hydrogens is 382 g/mol. The van der Waals surface area contributed by atoms with Gasteiger partial charge in [0.05, 0.1) is 5.75 Å². The molecule has 0 spiro atoms. The molecule has 1 aromatic carbocycles. The van der Waals surface area contributed by atoms with Gasteiger partial charge in [-0.25, -0.2) is 0 Å². The van der Waals surface area contributed by atoms with E-state index >= 15 is 0 Å². The van der Waals surface area contributed by atoms with Gasteiger partial charge in [0.2, 0.25) is 11.8 Å². The molecule has 1 aliphatic heterocycles. The number of aromatic nitrogens is 1. The van der Waals surface area contributed by atoms with Gasteiger partial charge in [0.25, 0.3) is 0 Å². The minimum Gasteiger partial charge on any atom is -0.342 e. The van der Waals surface area contributed by atoms with Crippen molar-refractivity contribution in [2.75, 3.05) is 18.8 Å². The van der Waals surface area contributed by atoms with E-state index < -0.39 is 0 Å². The molecule has 1 aromatic heterocycles. The van der Waals surface area contributed by atoms with Crippen LogP contribution in [0.3, 0.4) is 0 Å². The van der Waals surface area contributed by atoms with Crippen LogP contribution in [-0.4, -0.2) is 57.1 Å². The van der Waals surface area contributed by atoms with Gasteiger partial charge >= 0.3 is 0 Å². The van der Waals surface area contributed by atoms with E-state index in [9.17, 15) is 9.59 Å². The van der Waals surface area contributed by atoms with Crippen LogP contribution in [0.1, 0.15) is 47.0 Å².